The van der Waals surface area contributed by atoms with Crippen LogP contribution in [0.2, 0.25) is 0 Å². The first kappa shape index (κ1) is 14.5. The molecule has 0 aromatic heterocycles. The van der Waals surface area contributed by atoms with E-state index in [9.17, 15) is 9.59 Å². The first-order valence-corrected chi connectivity index (χ1v) is 7.19. The summed E-state index contributed by atoms with van der Waals surface area (Å²) < 4.78 is 0. The van der Waals surface area contributed by atoms with Crippen LogP contribution in [0.1, 0.15) is 19.8 Å². The second-order valence-corrected chi connectivity index (χ2v) is 5.13. The Hall–Kier alpha value is -1.88. The zero-order chi connectivity index (χ0) is 14.4. The highest BCUT2D eigenvalue weighted by molar-refractivity contribution is 6.39. The average Bonchev–Trinajstić information content (AvgIpc) is 2.93. The quantitative estimate of drug-likeness (QED) is 0.668. The Balaban J connectivity index is 1.78. The highest BCUT2D eigenvalue weighted by Crippen LogP contribution is 2.04. The summed E-state index contributed by atoms with van der Waals surface area (Å²) in [5.41, 5.74) is 0.634. The predicted molar refractivity (Wildman–Crippen MR) is 77.5 cm³/mol. The van der Waals surface area contributed by atoms with Crippen LogP contribution in [-0.4, -0.2) is 37.5 Å². The molecule has 20 heavy (non-hydrogen) atoms. The summed E-state index contributed by atoms with van der Waals surface area (Å²) in [7, 11) is 0. The maximum absolute atomic E-state index is 11.8. The van der Waals surface area contributed by atoms with Gasteiger partial charge in [0.1, 0.15) is 6.04 Å². The molecular formula is C15H22N3O2+. The second-order valence-electron chi connectivity index (χ2n) is 5.13. The number of likely N-dealkylation sites (tertiary alicyclic amines) is 1. The number of likely N-dealkylation sites (N-methyl/N-ethyl adjacent to an activating group) is 1. The van der Waals surface area contributed by atoms with E-state index in [0.29, 0.717) is 18.3 Å². The van der Waals surface area contributed by atoms with E-state index in [2.05, 4.69) is 17.6 Å². The third-order valence-electron chi connectivity index (χ3n) is 3.83. The van der Waals surface area contributed by atoms with Gasteiger partial charge in [0.15, 0.2) is 0 Å². The SMILES string of the molecule is CC[NH+]1CCC[C@@H]1CNC(=O)C(=O)Nc1ccccc1. The normalized spacial score (nSPS) is 21.4. The van der Waals surface area contributed by atoms with Crippen LogP contribution in [0.5, 0.6) is 0 Å². The highest BCUT2D eigenvalue weighted by Gasteiger charge is 2.27. The van der Waals surface area contributed by atoms with Gasteiger partial charge in [-0.25, -0.2) is 0 Å². The van der Waals surface area contributed by atoms with E-state index in [1.54, 1.807) is 12.1 Å². The van der Waals surface area contributed by atoms with Crippen molar-refractivity contribution in [2.75, 3.05) is 25.0 Å². The van der Waals surface area contributed by atoms with Crippen LogP contribution in [0, 0.1) is 0 Å². The molecule has 0 aliphatic carbocycles. The molecule has 3 N–H and O–H groups in total. The highest BCUT2D eigenvalue weighted by atomic mass is 16.2. The topological polar surface area (TPSA) is 62.6 Å². The van der Waals surface area contributed by atoms with Crippen molar-refractivity contribution in [3.05, 3.63) is 30.3 Å². The Morgan fingerprint density at radius 3 is 2.70 bits per heavy atom. The standard InChI is InChI=1S/C15H21N3O2/c1-2-18-10-6-9-13(18)11-16-14(19)15(20)17-12-7-4-3-5-8-12/h3-5,7-8,13H,2,6,9-11H2,1H3,(H,16,19)(H,17,20)/p+1/t13-/m1/s1. The third-order valence-corrected chi connectivity index (χ3v) is 3.83. The molecule has 1 unspecified atom stereocenters. The van der Waals surface area contributed by atoms with Crippen LogP contribution in [0.15, 0.2) is 30.3 Å². The minimum Gasteiger partial charge on any atom is -0.342 e. The molecule has 1 aromatic rings. The van der Waals surface area contributed by atoms with Crippen molar-refractivity contribution >= 4 is 17.5 Å². The van der Waals surface area contributed by atoms with Gasteiger partial charge >= 0.3 is 11.8 Å². The van der Waals surface area contributed by atoms with Gasteiger partial charge in [-0.3, -0.25) is 9.59 Å². The van der Waals surface area contributed by atoms with E-state index in [1.807, 2.05) is 18.2 Å². The van der Waals surface area contributed by atoms with Crippen molar-refractivity contribution in [2.45, 2.75) is 25.8 Å². The monoisotopic (exact) mass is 276 g/mol. The third kappa shape index (κ3) is 3.81. The number of rotatable bonds is 4. The summed E-state index contributed by atoms with van der Waals surface area (Å²) in [5, 5.41) is 5.32. The molecule has 2 rings (SSSR count). The molecule has 2 atom stereocenters. The van der Waals surface area contributed by atoms with Crippen LogP contribution in [0.25, 0.3) is 0 Å². The van der Waals surface area contributed by atoms with Gasteiger partial charge in [-0.05, 0) is 19.1 Å². The number of nitrogens with one attached hydrogen (secondary N) is 3. The molecular weight excluding hydrogens is 254 g/mol. The molecule has 2 amide bonds. The number of amides is 2. The molecule has 1 heterocycles. The Morgan fingerprint density at radius 1 is 1.25 bits per heavy atom. The van der Waals surface area contributed by atoms with E-state index < -0.39 is 11.8 Å². The smallest absolute Gasteiger partial charge is 0.313 e. The zero-order valence-electron chi connectivity index (χ0n) is 11.8. The summed E-state index contributed by atoms with van der Waals surface area (Å²) >= 11 is 0. The Bertz CT molecular complexity index is 461. The van der Waals surface area contributed by atoms with Crippen molar-refractivity contribution in [3.63, 3.8) is 0 Å². The van der Waals surface area contributed by atoms with Gasteiger partial charge in [0.25, 0.3) is 0 Å². The number of benzene rings is 1. The number of hydrogen-bond acceptors (Lipinski definition) is 2. The minimum absolute atomic E-state index is 0.438. The van der Waals surface area contributed by atoms with Crippen molar-refractivity contribution in [3.8, 4) is 0 Å². The van der Waals surface area contributed by atoms with E-state index in [-0.39, 0.29) is 0 Å². The van der Waals surface area contributed by atoms with Crippen LogP contribution >= 0.6 is 0 Å². The van der Waals surface area contributed by atoms with Gasteiger partial charge in [0.05, 0.1) is 19.6 Å². The molecule has 0 radical (unpaired) electrons. The van der Waals surface area contributed by atoms with Gasteiger partial charge in [-0.15, -0.1) is 0 Å². The lowest BCUT2D eigenvalue weighted by molar-refractivity contribution is -0.909. The molecule has 1 aliphatic rings. The van der Waals surface area contributed by atoms with Gasteiger partial charge in [-0.1, -0.05) is 18.2 Å². The lowest BCUT2D eigenvalue weighted by Crippen LogP contribution is -3.14. The first-order valence-electron chi connectivity index (χ1n) is 7.19. The summed E-state index contributed by atoms with van der Waals surface area (Å²) in [6.45, 7) is 4.95. The molecule has 5 nitrogen and oxygen atoms in total. The van der Waals surface area contributed by atoms with Crippen molar-refractivity contribution in [1.82, 2.24) is 5.32 Å². The second kappa shape index (κ2) is 7.05. The lowest BCUT2D eigenvalue weighted by atomic mass is 10.2. The summed E-state index contributed by atoms with van der Waals surface area (Å²) in [5.74, 6) is -1.16. The molecule has 1 aliphatic heterocycles. The average molecular weight is 276 g/mol. The van der Waals surface area contributed by atoms with Gasteiger partial charge < -0.3 is 15.5 Å². The fourth-order valence-electron chi connectivity index (χ4n) is 2.70. The number of anilines is 1. The Labute approximate surface area is 119 Å². The van der Waals surface area contributed by atoms with E-state index in [4.69, 9.17) is 0 Å². The van der Waals surface area contributed by atoms with Crippen LogP contribution in [0.3, 0.4) is 0 Å². The van der Waals surface area contributed by atoms with Crippen molar-refractivity contribution in [1.29, 1.82) is 0 Å². The molecule has 5 heteroatoms. The number of carbonyl (C=O) groups excluding carboxylic acids is 2. The van der Waals surface area contributed by atoms with Gasteiger partial charge in [-0.2, -0.15) is 0 Å². The molecule has 1 aromatic carbocycles. The fourth-order valence-corrected chi connectivity index (χ4v) is 2.70. The molecule has 0 bridgehead atoms. The van der Waals surface area contributed by atoms with Crippen LogP contribution in [0.4, 0.5) is 5.69 Å². The minimum atomic E-state index is -0.604. The van der Waals surface area contributed by atoms with Crippen LogP contribution < -0.4 is 15.5 Å². The maximum atomic E-state index is 11.8. The van der Waals surface area contributed by atoms with Crippen molar-refractivity contribution in [2.24, 2.45) is 0 Å². The van der Waals surface area contributed by atoms with Gasteiger partial charge in [0, 0.05) is 18.5 Å². The Kier molecular flexibility index (Phi) is 5.12. The lowest BCUT2D eigenvalue weighted by Gasteiger charge is -2.19. The maximum Gasteiger partial charge on any atom is 0.313 e. The molecule has 1 saturated heterocycles. The first-order chi connectivity index (χ1) is 9.70. The summed E-state index contributed by atoms with van der Waals surface area (Å²) in [6, 6.07) is 9.44. The molecule has 0 saturated carbocycles. The number of hydrogen-bond donors (Lipinski definition) is 3. The molecule has 1 fully saturated rings. The summed E-state index contributed by atoms with van der Waals surface area (Å²) in [4.78, 5) is 25.0. The summed E-state index contributed by atoms with van der Waals surface area (Å²) in [6.07, 6.45) is 2.31. The largest absolute Gasteiger partial charge is 0.342 e. The van der Waals surface area contributed by atoms with E-state index >= 15 is 0 Å². The van der Waals surface area contributed by atoms with E-state index in [0.717, 1.165) is 19.5 Å². The number of quaternary nitrogens is 1. The predicted octanol–water partition coefficient (Wildman–Crippen LogP) is -0.191. The number of para-hydroxylation sites is 1. The fraction of sp³-hybridized carbons (Fsp3) is 0.467. The van der Waals surface area contributed by atoms with Crippen LogP contribution in [-0.2, 0) is 9.59 Å². The van der Waals surface area contributed by atoms with Crippen molar-refractivity contribution < 1.29 is 14.5 Å². The Morgan fingerprint density at radius 2 is 2.00 bits per heavy atom. The molecule has 0 spiro atoms. The van der Waals surface area contributed by atoms with E-state index in [1.165, 1.54) is 11.3 Å². The number of carbonyl (C=O) groups is 2. The molecule has 108 valence electrons. The zero-order valence-corrected chi connectivity index (χ0v) is 11.8. The van der Waals surface area contributed by atoms with Gasteiger partial charge in [0.2, 0.25) is 0 Å².